The lowest BCUT2D eigenvalue weighted by molar-refractivity contribution is 0.171. The van der Waals surface area contributed by atoms with Gasteiger partial charge in [0.25, 0.3) is 0 Å². The van der Waals surface area contributed by atoms with Crippen molar-refractivity contribution >= 4 is 27.4 Å². The first-order valence-corrected chi connectivity index (χ1v) is 9.31. The largest absolute Gasteiger partial charge is 0.493 e. The van der Waals surface area contributed by atoms with Crippen molar-refractivity contribution in [3.05, 3.63) is 41.3 Å². The maximum Gasteiger partial charge on any atom is 0.231 e. The number of hydrogen-bond donors (Lipinski definition) is 2. The van der Waals surface area contributed by atoms with Gasteiger partial charge in [0.1, 0.15) is 17.5 Å². The van der Waals surface area contributed by atoms with Crippen LogP contribution in [-0.2, 0) is 0 Å². The number of nitrogens with two attached hydrogens (primary N) is 1. The number of nitriles is 1. The minimum atomic E-state index is 0.128. The molecule has 0 bridgehead atoms. The standard InChI is InChI=1S/C20H14N4O3S/c1-25-16-4-10(5-17-19(16)27-9-26-17)11-6-14(24-20(22)12(11)8-21)15-7-18-13(23-15)2-3-28-18/h2-7,23H,9H2,1H3,(H2,22,24). The zero-order valence-corrected chi connectivity index (χ0v) is 15.6. The second-order valence-electron chi connectivity index (χ2n) is 6.22. The summed E-state index contributed by atoms with van der Waals surface area (Å²) in [6.45, 7) is 0.128. The molecule has 7 nitrogen and oxygen atoms in total. The van der Waals surface area contributed by atoms with Crippen LogP contribution < -0.4 is 19.9 Å². The van der Waals surface area contributed by atoms with E-state index in [-0.39, 0.29) is 12.6 Å². The number of H-pyrrole nitrogens is 1. The monoisotopic (exact) mass is 390 g/mol. The zero-order valence-electron chi connectivity index (χ0n) is 14.8. The van der Waals surface area contributed by atoms with Gasteiger partial charge in [-0.2, -0.15) is 5.26 Å². The number of methoxy groups -OCH3 is 1. The number of aromatic nitrogens is 2. The van der Waals surface area contributed by atoms with Crippen LogP contribution >= 0.6 is 11.3 Å². The number of thiophene rings is 1. The summed E-state index contributed by atoms with van der Waals surface area (Å²) in [4.78, 5) is 7.77. The van der Waals surface area contributed by atoms with Crippen LogP contribution in [0.2, 0.25) is 0 Å². The molecule has 0 fully saturated rings. The summed E-state index contributed by atoms with van der Waals surface area (Å²) in [5.41, 5.74) is 10.4. The Labute approximate surface area is 163 Å². The Morgan fingerprint density at radius 3 is 2.96 bits per heavy atom. The number of nitrogen functional groups attached to an aromatic ring is 1. The minimum absolute atomic E-state index is 0.128. The summed E-state index contributed by atoms with van der Waals surface area (Å²) < 4.78 is 17.5. The van der Waals surface area contributed by atoms with E-state index in [4.69, 9.17) is 19.9 Å². The Kier molecular flexibility index (Phi) is 3.64. The minimum Gasteiger partial charge on any atom is -0.493 e. The van der Waals surface area contributed by atoms with Gasteiger partial charge in [-0.1, -0.05) is 0 Å². The molecule has 1 aliphatic heterocycles. The fraction of sp³-hybridized carbons (Fsp3) is 0.100. The Bertz CT molecular complexity index is 1240. The third-order valence-corrected chi connectivity index (χ3v) is 5.51. The smallest absolute Gasteiger partial charge is 0.231 e. The van der Waals surface area contributed by atoms with Crippen molar-refractivity contribution < 1.29 is 14.2 Å². The third kappa shape index (κ3) is 2.45. The molecule has 8 heteroatoms. The first-order valence-electron chi connectivity index (χ1n) is 8.43. The molecule has 0 amide bonds. The molecule has 0 saturated carbocycles. The van der Waals surface area contributed by atoms with Crippen LogP contribution in [0.15, 0.2) is 35.7 Å². The summed E-state index contributed by atoms with van der Waals surface area (Å²) in [6, 6.07) is 11.7. The highest BCUT2D eigenvalue weighted by atomic mass is 32.1. The predicted molar refractivity (Wildman–Crippen MR) is 107 cm³/mol. The summed E-state index contributed by atoms with van der Waals surface area (Å²) >= 11 is 1.64. The van der Waals surface area contributed by atoms with Gasteiger partial charge in [0, 0.05) is 5.56 Å². The van der Waals surface area contributed by atoms with Gasteiger partial charge in [-0.05, 0) is 41.3 Å². The van der Waals surface area contributed by atoms with Crippen molar-refractivity contribution in [2.24, 2.45) is 0 Å². The second-order valence-corrected chi connectivity index (χ2v) is 7.17. The molecule has 0 spiro atoms. The van der Waals surface area contributed by atoms with E-state index in [0.717, 1.165) is 21.5 Å². The van der Waals surface area contributed by atoms with Crippen molar-refractivity contribution in [2.45, 2.75) is 0 Å². The average molecular weight is 390 g/mol. The van der Waals surface area contributed by atoms with Crippen molar-refractivity contribution in [3.63, 3.8) is 0 Å². The zero-order chi connectivity index (χ0) is 19.3. The lowest BCUT2D eigenvalue weighted by atomic mass is 9.99. The van der Waals surface area contributed by atoms with Crippen molar-refractivity contribution in [2.75, 3.05) is 19.6 Å². The molecule has 4 aromatic rings. The SMILES string of the molecule is COc1cc(-c2cc(-c3cc4sccc4[nH]3)nc(N)c2C#N)cc2c1OCO2. The van der Waals surface area contributed by atoms with E-state index in [1.54, 1.807) is 24.5 Å². The van der Waals surface area contributed by atoms with E-state index in [9.17, 15) is 5.26 Å². The quantitative estimate of drug-likeness (QED) is 0.544. The Morgan fingerprint density at radius 2 is 2.18 bits per heavy atom. The van der Waals surface area contributed by atoms with Gasteiger partial charge in [0.15, 0.2) is 11.5 Å². The number of fused-ring (bicyclic) bond motifs is 2. The molecule has 0 atom stereocenters. The molecule has 0 saturated heterocycles. The summed E-state index contributed by atoms with van der Waals surface area (Å²) in [7, 11) is 1.56. The number of nitrogens with one attached hydrogen (secondary N) is 1. The molecule has 0 aliphatic carbocycles. The number of hydrogen-bond acceptors (Lipinski definition) is 7. The first kappa shape index (κ1) is 16.5. The molecular weight excluding hydrogens is 376 g/mol. The van der Waals surface area contributed by atoms with E-state index >= 15 is 0 Å². The van der Waals surface area contributed by atoms with E-state index in [0.29, 0.717) is 34.1 Å². The highest BCUT2D eigenvalue weighted by molar-refractivity contribution is 7.17. The van der Waals surface area contributed by atoms with Gasteiger partial charge in [0.05, 0.1) is 28.7 Å². The van der Waals surface area contributed by atoms with Crippen LogP contribution in [-0.4, -0.2) is 23.9 Å². The van der Waals surface area contributed by atoms with E-state index in [1.165, 1.54) is 0 Å². The fourth-order valence-corrected chi connectivity index (χ4v) is 4.10. The summed E-state index contributed by atoms with van der Waals surface area (Å²) in [6.07, 6.45) is 0. The van der Waals surface area contributed by atoms with E-state index < -0.39 is 0 Å². The number of aromatic amines is 1. The van der Waals surface area contributed by atoms with Gasteiger partial charge < -0.3 is 24.9 Å². The molecule has 3 aromatic heterocycles. The Balaban J connectivity index is 1.72. The van der Waals surface area contributed by atoms with Crippen molar-refractivity contribution in [1.82, 2.24) is 9.97 Å². The molecule has 1 aliphatic rings. The van der Waals surface area contributed by atoms with Crippen LogP contribution in [0.3, 0.4) is 0 Å². The van der Waals surface area contributed by atoms with Crippen molar-refractivity contribution in [1.29, 1.82) is 5.26 Å². The van der Waals surface area contributed by atoms with Crippen molar-refractivity contribution in [3.8, 4) is 45.8 Å². The van der Waals surface area contributed by atoms with Crippen LogP contribution in [0.4, 0.5) is 5.82 Å². The van der Waals surface area contributed by atoms with Gasteiger partial charge in [-0.15, -0.1) is 11.3 Å². The Morgan fingerprint density at radius 1 is 1.29 bits per heavy atom. The number of rotatable bonds is 3. The predicted octanol–water partition coefficient (Wildman–Crippen LogP) is 4.15. The highest BCUT2D eigenvalue weighted by Crippen LogP contribution is 2.45. The fourth-order valence-electron chi connectivity index (χ4n) is 3.32. The maximum absolute atomic E-state index is 9.66. The molecule has 1 aromatic carbocycles. The summed E-state index contributed by atoms with van der Waals surface area (Å²) in [5, 5.41) is 11.7. The maximum atomic E-state index is 9.66. The number of nitrogens with zero attached hydrogens (tertiary/aromatic N) is 2. The van der Waals surface area contributed by atoms with Crippen LogP contribution in [0.25, 0.3) is 32.7 Å². The lowest BCUT2D eigenvalue weighted by Gasteiger charge is -2.12. The Hall–Kier alpha value is -3.70. The molecular formula is C20H14N4O3S. The van der Waals surface area contributed by atoms with Crippen LogP contribution in [0.1, 0.15) is 5.56 Å². The molecule has 0 unspecified atom stereocenters. The molecule has 28 heavy (non-hydrogen) atoms. The molecule has 0 radical (unpaired) electrons. The topological polar surface area (TPSA) is 106 Å². The normalized spacial score (nSPS) is 12.3. The number of ether oxygens (including phenoxy) is 3. The molecule has 138 valence electrons. The van der Waals surface area contributed by atoms with Gasteiger partial charge >= 0.3 is 0 Å². The lowest BCUT2D eigenvalue weighted by Crippen LogP contribution is -2.00. The van der Waals surface area contributed by atoms with E-state index in [1.807, 2.05) is 29.6 Å². The van der Waals surface area contributed by atoms with E-state index in [2.05, 4.69) is 16.0 Å². The highest BCUT2D eigenvalue weighted by Gasteiger charge is 2.23. The average Bonchev–Trinajstić information content (AvgIpc) is 3.41. The number of anilines is 1. The van der Waals surface area contributed by atoms with Gasteiger partial charge in [0.2, 0.25) is 12.5 Å². The number of benzene rings is 1. The molecule has 5 rings (SSSR count). The van der Waals surface area contributed by atoms with Gasteiger partial charge in [-0.25, -0.2) is 4.98 Å². The van der Waals surface area contributed by atoms with Crippen LogP contribution in [0, 0.1) is 11.3 Å². The summed E-state index contributed by atoms with van der Waals surface area (Å²) in [5.74, 6) is 1.82. The molecule has 4 heterocycles. The third-order valence-electron chi connectivity index (χ3n) is 4.64. The van der Waals surface area contributed by atoms with Crippen LogP contribution in [0.5, 0.6) is 17.2 Å². The first-order chi connectivity index (χ1) is 13.7. The number of pyridine rings is 1. The van der Waals surface area contributed by atoms with Gasteiger partial charge in [-0.3, -0.25) is 0 Å². The molecule has 3 N–H and O–H groups in total. The second kappa shape index (κ2) is 6.18.